The van der Waals surface area contributed by atoms with Gasteiger partial charge in [0.15, 0.2) is 6.10 Å². The Kier molecular flexibility index (Phi) is 11.4. The molecule has 0 amide bonds. The molecule has 0 bridgehead atoms. The van der Waals surface area contributed by atoms with Crippen molar-refractivity contribution in [3.05, 3.63) is 22.7 Å². The summed E-state index contributed by atoms with van der Waals surface area (Å²) < 4.78 is 80.0. The van der Waals surface area contributed by atoms with Crippen molar-refractivity contribution in [1.82, 2.24) is 14.5 Å². The van der Waals surface area contributed by atoms with Crippen molar-refractivity contribution in [2.45, 2.75) is 62.0 Å². The quantitative estimate of drug-likeness (QED) is 0.100. The van der Waals surface area contributed by atoms with Gasteiger partial charge in [0.05, 0.1) is 6.61 Å². The molecule has 40 heavy (non-hydrogen) atoms. The van der Waals surface area contributed by atoms with Crippen LogP contribution in [0.25, 0.3) is 0 Å². The predicted molar refractivity (Wildman–Crippen MR) is 133 cm³/mol. The molecular formula is C18H33F2N4O13P3. The van der Waals surface area contributed by atoms with Crippen LogP contribution in [0.1, 0.15) is 38.8 Å². The number of rotatable bonds is 15. The summed E-state index contributed by atoms with van der Waals surface area (Å²) in [4.78, 5) is 56.0. The molecule has 22 heteroatoms. The lowest BCUT2D eigenvalue weighted by molar-refractivity contribution is -0.140. The van der Waals surface area contributed by atoms with Crippen LogP contribution in [-0.2, 0) is 27.3 Å². The van der Waals surface area contributed by atoms with Crippen LogP contribution < -0.4 is 11.4 Å². The normalized spacial score (nSPS) is 25.8. The van der Waals surface area contributed by atoms with E-state index in [4.69, 9.17) is 10.5 Å². The topological polar surface area (TPSA) is 264 Å². The molecule has 0 radical (unpaired) electrons. The number of hydrogen-bond acceptors (Lipinski definition) is 12. The lowest BCUT2D eigenvalue weighted by atomic mass is 10.1. The SMILES string of the molecule is CCCCCN(C)CCC(O)(P(=O)(O)O)P(=O)(O)OP(=O)(O)OC[C@H]1O[C@@H](n2ccc(N)nc2=O)C(F)(F)[C@@H]1O. The van der Waals surface area contributed by atoms with E-state index in [-0.39, 0.29) is 16.9 Å². The summed E-state index contributed by atoms with van der Waals surface area (Å²) in [5.41, 5.74) is 4.03. The van der Waals surface area contributed by atoms with Crippen molar-refractivity contribution >= 4 is 28.8 Å². The van der Waals surface area contributed by atoms with E-state index in [9.17, 15) is 57.1 Å². The molecule has 1 aromatic rings. The Morgan fingerprint density at radius 3 is 2.40 bits per heavy atom. The molecule has 1 saturated heterocycles. The summed E-state index contributed by atoms with van der Waals surface area (Å²) in [7, 11) is -16.4. The number of halogens is 2. The number of phosphoric acid groups is 1. The fraction of sp³-hybridized carbons (Fsp3) is 0.778. The van der Waals surface area contributed by atoms with Gasteiger partial charge in [0.25, 0.3) is 5.08 Å². The second-order valence-corrected chi connectivity index (χ2v) is 14.9. The van der Waals surface area contributed by atoms with E-state index in [2.05, 4.69) is 13.8 Å². The van der Waals surface area contributed by atoms with Crippen molar-refractivity contribution in [2.75, 3.05) is 32.5 Å². The molecule has 0 spiro atoms. The summed E-state index contributed by atoms with van der Waals surface area (Å²) in [5, 5.41) is 16.7. The van der Waals surface area contributed by atoms with Crippen LogP contribution in [0, 0.1) is 0 Å². The minimum Gasteiger partial charge on any atom is -0.384 e. The molecule has 232 valence electrons. The number of anilines is 1. The summed E-state index contributed by atoms with van der Waals surface area (Å²) in [6.45, 7) is 0.598. The molecule has 17 nitrogen and oxygen atoms in total. The number of nitrogens with zero attached hydrogens (tertiary/aromatic N) is 3. The van der Waals surface area contributed by atoms with Crippen molar-refractivity contribution < 1.29 is 65.8 Å². The largest absolute Gasteiger partial charge is 0.479 e. The number of alkyl halides is 2. The zero-order valence-electron chi connectivity index (χ0n) is 21.4. The number of aliphatic hydroxyl groups is 2. The molecule has 0 aliphatic carbocycles. The smallest absolute Gasteiger partial charge is 0.384 e. The average molecular weight is 644 g/mol. The van der Waals surface area contributed by atoms with Crippen molar-refractivity contribution in [1.29, 1.82) is 0 Å². The van der Waals surface area contributed by atoms with Gasteiger partial charge in [-0.15, -0.1) is 0 Å². The van der Waals surface area contributed by atoms with Crippen molar-refractivity contribution in [3.63, 3.8) is 0 Å². The molecule has 8 N–H and O–H groups in total. The standard InChI is InChI=1S/C18H33F2N4O13P3/c1-3-4-5-8-23(2)10-7-17(27,38(28,29)30)39(31,32)37-40(33,34)35-11-12-14(25)18(19,20)15(36-12)24-9-6-13(21)22-16(24)26/h6,9,12,14-15,25,27H,3-5,7-8,10-11H2,1-2H3,(H,31,32)(H,33,34)(H2,21,22,26)(H2,28,29,30)/t12-,14-,15-,17?/m1/s1. The van der Waals surface area contributed by atoms with E-state index >= 15 is 0 Å². The van der Waals surface area contributed by atoms with Gasteiger partial charge in [-0.1, -0.05) is 19.8 Å². The molecule has 3 unspecified atom stereocenters. The van der Waals surface area contributed by atoms with E-state index < -0.39 is 71.2 Å². The highest BCUT2D eigenvalue weighted by atomic mass is 31.3. The van der Waals surface area contributed by atoms with Gasteiger partial charge < -0.3 is 45.2 Å². The minimum absolute atomic E-state index is 0.288. The number of unbranched alkanes of at least 4 members (excludes halogenated alkanes) is 2. The molecule has 0 aromatic carbocycles. The molecule has 2 rings (SSSR count). The second kappa shape index (κ2) is 13.0. The maximum Gasteiger partial charge on any atom is 0.479 e. The summed E-state index contributed by atoms with van der Waals surface area (Å²) >= 11 is 0. The fourth-order valence-corrected chi connectivity index (χ4v) is 8.23. The monoisotopic (exact) mass is 644 g/mol. The number of aliphatic hydroxyl groups excluding tert-OH is 1. The zero-order chi connectivity index (χ0) is 30.7. The Hall–Kier alpha value is -1.17. The number of phosphoric ester groups is 1. The first-order valence-corrected chi connectivity index (χ1v) is 16.4. The van der Waals surface area contributed by atoms with Gasteiger partial charge in [0.2, 0.25) is 6.23 Å². The number of hydrogen-bond donors (Lipinski definition) is 7. The third-order valence-electron chi connectivity index (χ3n) is 5.99. The third-order valence-corrected chi connectivity index (χ3v) is 12.0. The van der Waals surface area contributed by atoms with E-state index in [0.29, 0.717) is 13.0 Å². The van der Waals surface area contributed by atoms with Crippen LogP contribution in [0.3, 0.4) is 0 Å². The lowest BCUT2D eigenvalue weighted by Crippen LogP contribution is -2.42. The fourth-order valence-electron chi connectivity index (χ4n) is 3.64. The number of ether oxygens (including phenoxy) is 1. The van der Waals surface area contributed by atoms with Crippen LogP contribution in [0.5, 0.6) is 0 Å². The first kappa shape index (κ1) is 35.0. The highest BCUT2D eigenvalue weighted by molar-refractivity contribution is 7.75. The minimum atomic E-state index is -6.11. The molecule has 1 fully saturated rings. The summed E-state index contributed by atoms with van der Waals surface area (Å²) in [5.74, 6) is -4.47. The van der Waals surface area contributed by atoms with Crippen LogP contribution in [0.2, 0.25) is 0 Å². The van der Waals surface area contributed by atoms with Gasteiger partial charge >= 0.3 is 34.6 Å². The van der Waals surface area contributed by atoms with E-state index in [1.54, 1.807) is 0 Å². The Balaban J connectivity index is 2.15. The number of nitrogens with two attached hydrogens (primary N) is 1. The van der Waals surface area contributed by atoms with E-state index in [1.807, 2.05) is 6.92 Å². The van der Waals surface area contributed by atoms with Gasteiger partial charge in [-0.05, 0) is 26.1 Å². The molecule has 1 aliphatic rings. The van der Waals surface area contributed by atoms with Gasteiger partial charge in [-0.3, -0.25) is 18.2 Å². The van der Waals surface area contributed by atoms with Crippen molar-refractivity contribution in [2.24, 2.45) is 0 Å². The molecular weight excluding hydrogens is 611 g/mol. The first-order chi connectivity index (χ1) is 18.2. The Morgan fingerprint density at radius 2 is 1.85 bits per heavy atom. The highest BCUT2D eigenvalue weighted by Gasteiger charge is 2.63. The van der Waals surface area contributed by atoms with Gasteiger partial charge in [-0.2, -0.15) is 13.8 Å². The first-order valence-electron chi connectivity index (χ1n) is 11.7. The van der Waals surface area contributed by atoms with Crippen LogP contribution in [0.4, 0.5) is 14.6 Å². The summed E-state index contributed by atoms with van der Waals surface area (Å²) in [6.07, 6.45) is -5.24. The molecule has 0 saturated carbocycles. The van der Waals surface area contributed by atoms with Crippen LogP contribution in [0.15, 0.2) is 17.1 Å². The lowest BCUT2D eigenvalue weighted by Gasteiger charge is -2.33. The third kappa shape index (κ3) is 8.01. The number of aromatic nitrogens is 2. The van der Waals surface area contributed by atoms with Gasteiger partial charge in [-0.25, -0.2) is 13.7 Å². The average Bonchev–Trinajstić information content (AvgIpc) is 3.03. The second-order valence-electron chi connectivity index (χ2n) is 9.13. The Labute approximate surface area is 226 Å². The molecule has 2 heterocycles. The molecule has 1 aliphatic heterocycles. The maximum absolute atomic E-state index is 14.6. The van der Waals surface area contributed by atoms with Crippen molar-refractivity contribution in [3.8, 4) is 0 Å². The maximum atomic E-state index is 14.6. The molecule has 1 aromatic heterocycles. The Morgan fingerprint density at radius 1 is 1.23 bits per heavy atom. The zero-order valence-corrected chi connectivity index (χ0v) is 24.1. The predicted octanol–water partition coefficient (Wildman–Crippen LogP) is 0.374. The van der Waals surface area contributed by atoms with E-state index in [0.717, 1.165) is 25.1 Å². The molecule has 6 atom stereocenters. The summed E-state index contributed by atoms with van der Waals surface area (Å²) in [6, 6.07) is 0.983. The highest BCUT2D eigenvalue weighted by Crippen LogP contribution is 2.76. The Bertz CT molecular complexity index is 1230. The van der Waals surface area contributed by atoms with Crippen LogP contribution >= 0.6 is 23.0 Å². The van der Waals surface area contributed by atoms with Gasteiger partial charge in [0.1, 0.15) is 11.9 Å². The van der Waals surface area contributed by atoms with E-state index in [1.165, 1.54) is 11.9 Å². The number of nitrogen functional groups attached to an aromatic ring is 1. The van der Waals surface area contributed by atoms with Crippen LogP contribution in [-0.4, -0.2) is 94.2 Å². The van der Waals surface area contributed by atoms with Gasteiger partial charge in [0, 0.05) is 19.2 Å².